The van der Waals surface area contributed by atoms with E-state index >= 15 is 0 Å². The van der Waals surface area contributed by atoms with Crippen molar-refractivity contribution in [3.8, 4) is 5.75 Å². The molecule has 1 heterocycles. The van der Waals surface area contributed by atoms with Gasteiger partial charge >= 0.3 is 0 Å². The smallest absolute Gasteiger partial charge is 0.122 e. The largest absolute Gasteiger partial charge is 0.493 e. The lowest BCUT2D eigenvalue weighted by molar-refractivity contribution is -0.0631. The monoisotopic (exact) mass is 274 g/mol. The van der Waals surface area contributed by atoms with E-state index in [2.05, 4.69) is 25.1 Å². The standard InChI is InChI=1S/C18H26O2/c1-2-15-7-5-6-11-18(15,19)13-14-10-12-20-17-9-4-3-8-16(14)17/h3-4,8-9,14-15,19H,2,5-7,10-13H2,1H3. The zero-order chi connectivity index (χ0) is 14.0. The molecule has 1 fully saturated rings. The van der Waals surface area contributed by atoms with Gasteiger partial charge in [0.2, 0.25) is 0 Å². The molecule has 2 aliphatic rings. The molecule has 0 aromatic heterocycles. The van der Waals surface area contributed by atoms with Gasteiger partial charge in [-0.25, -0.2) is 0 Å². The van der Waals surface area contributed by atoms with Crippen LogP contribution in [0.5, 0.6) is 5.75 Å². The van der Waals surface area contributed by atoms with Crippen molar-refractivity contribution in [1.29, 1.82) is 0 Å². The summed E-state index contributed by atoms with van der Waals surface area (Å²) in [6, 6.07) is 8.35. The number of ether oxygens (including phenoxy) is 1. The van der Waals surface area contributed by atoms with Gasteiger partial charge in [-0.05, 0) is 49.1 Å². The molecule has 0 bridgehead atoms. The normalized spacial score (nSPS) is 33.3. The molecule has 0 saturated heterocycles. The van der Waals surface area contributed by atoms with E-state index in [1.165, 1.54) is 24.8 Å². The molecule has 1 aromatic carbocycles. The number of rotatable bonds is 3. The zero-order valence-corrected chi connectivity index (χ0v) is 12.5. The van der Waals surface area contributed by atoms with E-state index in [9.17, 15) is 5.11 Å². The van der Waals surface area contributed by atoms with Crippen LogP contribution in [0.4, 0.5) is 0 Å². The molecular formula is C18H26O2. The van der Waals surface area contributed by atoms with Crippen LogP contribution in [0.15, 0.2) is 24.3 Å². The Morgan fingerprint density at radius 2 is 2.10 bits per heavy atom. The summed E-state index contributed by atoms with van der Waals surface area (Å²) in [5.41, 5.74) is 0.842. The summed E-state index contributed by atoms with van der Waals surface area (Å²) in [5, 5.41) is 11.2. The molecule has 1 aliphatic heterocycles. The summed E-state index contributed by atoms with van der Waals surface area (Å²) in [6.07, 6.45) is 7.68. The highest BCUT2D eigenvalue weighted by atomic mass is 16.5. The Bertz CT molecular complexity index is 456. The second kappa shape index (κ2) is 5.77. The number of aliphatic hydroxyl groups is 1. The molecular weight excluding hydrogens is 248 g/mol. The Kier molecular flexibility index (Phi) is 4.02. The van der Waals surface area contributed by atoms with E-state index < -0.39 is 5.60 Å². The van der Waals surface area contributed by atoms with Crippen molar-refractivity contribution >= 4 is 0 Å². The van der Waals surface area contributed by atoms with E-state index in [-0.39, 0.29) is 0 Å². The van der Waals surface area contributed by atoms with E-state index in [0.29, 0.717) is 11.8 Å². The summed E-state index contributed by atoms with van der Waals surface area (Å²) in [7, 11) is 0. The van der Waals surface area contributed by atoms with Crippen molar-refractivity contribution in [2.75, 3.05) is 6.61 Å². The summed E-state index contributed by atoms with van der Waals surface area (Å²) in [6.45, 7) is 3.01. The highest BCUT2D eigenvalue weighted by Gasteiger charge is 2.40. The van der Waals surface area contributed by atoms with E-state index in [4.69, 9.17) is 4.74 Å². The molecule has 0 spiro atoms. The Morgan fingerprint density at radius 3 is 2.95 bits per heavy atom. The van der Waals surface area contributed by atoms with Crippen molar-refractivity contribution in [2.45, 2.75) is 63.4 Å². The predicted octanol–water partition coefficient (Wildman–Crippen LogP) is 4.27. The minimum atomic E-state index is -0.456. The molecule has 1 saturated carbocycles. The number of hydrogen-bond donors (Lipinski definition) is 1. The predicted molar refractivity (Wildman–Crippen MR) is 81.1 cm³/mol. The fraction of sp³-hybridized carbons (Fsp3) is 0.667. The maximum absolute atomic E-state index is 11.2. The van der Waals surface area contributed by atoms with Gasteiger partial charge in [0.25, 0.3) is 0 Å². The average Bonchev–Trinajstić information content (AvgIpc) is 2.48. The van der Waals surface area contributed by atoms with Gasteiger partial charge in [0.15, 0.2) is 0 Å². The quantitative estimate of drug-likeness (QED) is 0.891. The van der Waals surface area contributed by atoms with Gasteiger partial charge < -0.3 is 9.84 Å². The number of hydrogen-bond acceptors (Lipinski definition) is 2. The van der Waals surface area contributed by atoms with Gasteiger partial charge in [0.05, 0.1) is 12.2 Å². The van der Waals surface area contributed by atoms with Crippen LogP contribution in [-0.4, -0.2) is 17.3 Å². The first-order valence-electron chi connectivity index (χ1n) is 8.17. The van der Waals surface area contributed by atoms with E-state index in [1.54, 1.807) is 0 Å². The zero-order valence-electron chi connectivity index (χ0n) is 12.5. The third-order valence-electron chi connectivity index (χ3n) is 5.35. The van der Waals surface area contributed by atoms with E-state index in [0.717, 1.165) is 38.0 Å². The maximum Gasteiger partial charge on any atom is 0.122 e. The van der Waals surface area contributed by atoms with Crippen LogP contribution in [0.3, 0.4) is 0 Å². The van der Waals surface area contributed by atoms with Crippen LogP contribution in [0.2, 0.25) is 0 Å². The second-order valence-electron chi connectivity index (χ2n) is 6.53. The van der Waals surface area contributed by atoms with Gasteiger partial charge in [0, 0.05) is 0 Å². The molecule has 110 valence electrons. The highest BCUT2D eigenvalue weighted by molar-refractivity contribution is 5.38. The first kappa shape index (κ1) is 13.9. The number of para-hydroxylation sites is 1. The molecule has 2 nitrogen and oxygen atoms in total. The van der Waals surface area contributed by atoms with Gasteiger partial charge in [0.1, 0.15) is 5.75 Å². The molecule has 1 aliphatic carbocycles. The van der Waals surface area contributed by atoms with Crippen LogP contribution in [0, 0.1) is 5.92 Å². The minimum absolute atomic E-state index is 0.456. The Morgan fingerprint density at radius 1 is 1.25 bits per heavy atom. The summed E-state index contributed by atoms with van der Waals surface area (Å²) >= 11 is 0. The fourth-order valence-electron chi connectivity index (χ4n) is 4.20. The second-order valence-corrected chi connectivity index (χ2v) is 6.53. The van der Waals surface area contributed by atoms with Gasteiger partial charge in [-0.1, -0.05) is 44.4 Å². The van der Waals surface area contributed by atoms with Crippen molar-refractivity contribution in [3.05, 3.63) is 29.8 Å². The molecule has 3 unspecified atom stereocenters. The molecule has 2 heteroatoms. The number of fused-ring (bicyclic) bond motifs is 1. The van der Waals surface area contributed by atoms with Crippen molar-refractivity contribution in [3.63, 3.8) is 0 Å². The molecule has 0 amide bonds. The number of benzene rings is 1. The molecule has 3 rings (SSSR count). The summed E-state index contributed by atoms with van der Waals surface area (Å²) in [5.74, 6) is 1.96. The average molecular weight is 274 g/mol. The Hall–Kier alpha value is -1.02. The van der Waals surface area contributed by atoms with Gasteiger partial charge in [-0.2, -0.15) is 0 Å². The SMILES string of the molecule is CCC1CCCCC1(O)CC1CCOc2ccccc21. The minimum Gasteiger partial charge on any atom is -0.493 e. The van der Waals surface area contributed by atoms with Crippen LogP contribution in [0.1, 0.15) is 63.4 Å². The van der Waals surface area contributed by atoms with Gasteiger partial charge in [-0.3, -0.25) is 0 Å². The molecule has 1 aromatic rings. The van der Waals surface area contributed by atoms with Crippen molar-refractivity contribution in [2.24, 2.45) is 5.92 Å². The van der Waals surface area contributed by atoms with Crippen LogP contribution < -0.4 is 4.74 Å². The van der Waals surface area contributed by atoms with Gasteiger partial charge in [-0.15, -0.1) is 0 Å². The van der Waals surface area contributed by atoms with Crippen LogP contribution in [-0.2, 0) is 0 Å². The Balaban J connectivity index is 1.80. The van der Waals surface area contributed by atoms with Crippen LogP contribution in [0.25, 0.3) is 0 Å². The Labute approximate surface area is 122 Å². The molecule has 1 N–H and O–H groups in total. The lowest BCUT2D eigenvalue weighted by Crippen LogP contribution is -2.42. The fourth-order valence-corrected chi connectivity index (χ4v) is 4.20. The molecule has 20 heavy (non-hydrogen) atoms. The lowest BCUT2D eigenvalue weighted by atomic mass is 9.68. The molecule has 3 atom stereocenters. The van der Waals surface area contributed by atoms with E-state index in [1.807, 2.05) is 6.07 Å². The topological polar surface area (TPSA) is 29.5 Å². The highest BCUT2D eigenvalue weighted by Crippen LogP contribution is 2.45. The third kappa shape index (κ3) is 2.58. The lowest BCUT2D eigenvalue weighted by Gasteiger charge is -2.43. The summed E-state index contributed by atoms with van der Waals surface area (Å²) in [4.78, 5) is 0. The van der Waals surface area contributed by atoms with Crippen molar-refractivity contribution < 1.29 is 9.84 Å². The summed E-state index contributed by atoms with van der Waals surface area (Å²) < 4.78 is 5.75. The maximum atomic E-state index is 11.2. The van der Waals surface area contributed by atoms with Crippen LogP contribution >= 0.6 is 0 Å². The third-order valence-corrected chi connectivity index (χ3v) is 5.35. The first-order valence-corrected chi connectivity index (χ1v) is 8.17. The van der Waals surface area contributed by atoms with Crippen molar-refractivity contribution in [1.82, 2.24) is 0 Å². The first-order chi connectivity index (χ1) is 9.73. The molecule has 0 radical (unpaired) electrons.